The molecule has 2 aliphatic rings. The van der Waals surface area contributed by atoms with Crippen molar-refractivity contribution in [3.63, 3.8) is 0 Å². The highest BCUT2D eigenvalue weighted by Gasteiger charge is 2.40. The summed E-state index contributed by atoms with van der Waals surface area (Å²) in [6.45, 7) is 1.11. The van der Waals surface area contributed by atoms with E-state index in [1.54, 1.807) is 0 Å². The van der Waals surface area contributed by atoms with Gasteiger partial charge in [-0.3, -0.25) is 0 Å². The van der Waals surface area contributed by atoms with Crippen LogP contribution in [-0.4, -0.2) is 29.8 Å². The van der Waals surface area contributed by atoms with E-state index in [2.05, 4.69) is 5.32 Å². The van der Waals surface area contributed by atoms with Gasteiger partial charge in [0.05, 0.1) is 0 Å². The molecule has 1 aliphatic carbocycles. The predicted molar refractivity (Wildman–Crippen MR) is 52.3 cm³/mol. The highest BCUT2D eigenvalue weighted by atomic mass is 16.4. The van der Waals surface area contributed by atoms with E-state index in [0.29, 0.717) is 12.0 Å². The molecule has 74 valence electrons. The van der Waals surface area contributed by atoms with Crippen molar-refractivity contribution >= 4 is 7.12 Å². The van der Waals surface area contributed by atoms with Crippen LogP contribution in [0.3, 0.4) is 0 Å². The van der Waals surface area contributed by atoms with Gasteiger partial charge in [-0.15, -0.1) is 0 Å². The van der Waals surface area contributed by atoms with Crippen LogP contribution in [0.4, 0.5) is 0 Å². The van der Waals surface area contributed by atoms with Gasteiger partial charge in [-0.25, -0.2) is 0 Å². The first-order chi connectivity index (χ1) is 6.29. The molecule has 1 saturated carbocycles. The lowest BCUT2D eigenvalue weighted by atomic mass is 9.56. The zero-order chi connectivity index (χ0) is 9.26. The number of piperidine rings is 1. The minimum absolute atomic E-state index is 0.117. The van der Waals surface area contributed by atoms with Gasteiger partial charge in [0.1, 0.15) is 0 Å². The Kier molecular flexibility index (Phi) is 2.91. The van der Waals surface area contributed by atoms with Crippen molar-refractivity contribution < 1.29 is 10.0 Å². The Morgan fingerprint density at radius 3 is 2.69 bits per heavy atom. The first kappa shape index (κ1) is 9.50. The molecule has 3 nitrogen and oxygen atoms in total. The highest BCUT2D eigenvalue weighted by Crippen LogP contribution is 2.40. The predicted octanol–water partition coefficient (Wildman–Crippen LogP) is 0.381. The summed E-state index contributed by atoms with van der Waals surface area (Å²) in [5.74, 6) is 0.619. The van der Waals surface area contributed by atoms with Crippen LogP contribution in [-0.2, 0) is 0 Å². The molecule has 3 atom stereocenters. The molecule has 0 radical (unpaired) electrons. The third kappa shape index (κ3) is 1.90. The van der Waals surface area contributed by atoms with Gasteiger partial charge in [0.15, 0.2) is 0 Å². The van der Waals surface area contributed by atoms with Crippen molar-refractivity contribution in [3.8, 4) is 0 Å². The van der Waals surface area contributed by atoms with Crippen LogP contribution >= 0.6 is 0 Å². The fourth-order valence-corrected chi connectivity index (χ4v) is 2.96. The van der Waals surface area contributed by atoms with E-state index < -0.39 is 7.12 Å². The summed E-state index contributed by atoms with van der Waals surface area (Å²) in [6.07, 6.45) is 5.69. The average molecular weight is 183 g/mol. The average Bonchev–Trinajstić information content (AvgIpc) is 2.17. The lowest BCUT2D eigenvalue weighted by Gasteiger charge is -2.41. The van der Waals surface area contributed by atoms with E-state index >= 15 is 0 Å². The Labute approximate surface area is 79.7 Å². The van der Waals surface area contributed by atoms with E-state index in [4.69, 9.17) is 0 Å². The molecular weight excluding hydrogens is 165 g/mol. The molecule has 1 heterocycles. The van der Waals surface area contributed by atoms with Crippen molar-refractivity contribution in [1.82, 2.24) is 5.32 Å². The molecule has 4 heteroatoms. The van der Waals surface area contributed by atoms with E-state index in [1.165, 1.54) is 19.3 Å². The number of rotatable bonds is 1. The molecule has 0 bridgehead atoms. The van der Waals surface area contributed by atoms with Crippen LogP contribution in [0.25, 0.3) is 0 Å². The summed E-state index contributed by atoms with van der Waals surface area (Å²) in [7, 11) is -1.10. The fourth-order valence-electron chi connectivity index (χ4n) is 2.96. The lowest BCUT2D eigenvalue weighted by Crippen LogP contribution is -2.48. The molecule has 1 aliphatic heterocycles. The van der Waals surface area contributed by atoms with Crippen molar-refractivity contribution in [2.24, 2.45) is 5.92 Å². The van der Waals surface area contributed by atoms with Gasteiger partial charge in [0, 0.05) is 6.04 Å². The maximum atomic E-state index is 9.24. The molecule has 3 unspecified atom stereocenters. The molecule has 0 aromatic heterocycles. The van der Waals surface area contributed by atoms with Gasteiger partial charge in [-0.05, 0) is 37.5 Å². The van der Waals surface area contributed by atoms with Crippen LogP contribution in [0.15, 0.2) is 0 Å². The van der Waals surface area contributed by atoms with Gasteiger partial charge in [0.25, 0.3) is 0 Å². The second-order valence-corrected chi connectivity index (χ2v) is 4.38. The smallest absolute Gasteiger partial charge is 0.427 e. The zero-order valence-electron chi connectivity index (χ0n) is 7.95. The summed E-state index contributed by atoms with van der Waals surface area (Å²) in [5, 5.41) is 22.0. The monoisotopic (exact) mass is 183 g/mol. The Morgan fingerprint density at radius 2 is 1.92 bits per heavy atom. The maximum absolute atomic E-state index is 9.24. The van der Waals surface area contributed by atoms with Crippen LogP contribution in [0, 0.1) is 5.92 Å². The minimum Gasteiger partial charge on any atom is -0.427 e. The SMILES string of the molecule is OB(O)C1CCCC2NCCCC21. The molecule has 0 amide bonds. The van der Waals surface area contributed by atoms with Gasteiger partial charge in [0.2, 0.25) is 0 Å². The van der Waals surface area contributed by atoms with E-state index in [-0.39, 0.29) is 5.82 Å². The molecule has 0 aromatic rings. The quantitative estimate of drug-likeness (QED) is 0.515. The summed E-state index contributed by atoms with van der Waals surface area (Å²) < 4.78 is 0. The van der Waals surface area contributed by atoms with Crippen LogP contribution in [0.5, 0.6) is 0 Å². The van der Waals surface area contributed by atoms with E-state index in [0.717, 1.165) is 19.4 Å². The summed E-state index contributed by atoms with van der Waals surface area (Å²) in [4.78, 5) is 0. The van der Waals surface area contributed by atoms with Crippen LogP contribution in [0.2, 0.25) is 5.82 Å². The van der Waals surface area contributed by atoms with E-state index in [9.17, 15) is 10.0 Å². The number of fused-ring (bicyclic) bond motifs is 1. The Balaban J connectivity index is 2.02. The molecule has 2 fully saturated rings. The first-order valence-electron chi connectivity index (χ1n) is 5.38. The Morgan fingerprint density at radius 1 is 1.08 bits per heavy atom. The summed E-state index contributed by atoms with van der Waals surface area (Å²) >= 11 is 0. The van der Waals surface area contributed by atoms with Crippen molar-refractivity contribution in [1.29, 1.82) is 0 Å². The normalized spacial score (nSPS) is 39.7. The Hall–Kier alpha value is -0.0551. The molecule has 2 rings (SSSR count). The molecule has 13 heavy (non-hydrogen) atoms. The molecular formula is C9H18BNO2. The third-order valence-corrected chi connectivity index (χ3v) is 3.62. The number of hydrogen-bond donors (Lipinski definition) is 3. The van der Waals surface area contributed by atoms with Crippen LogP contribution < -0.4 is 5.32 Å². The fraction of sp³-hybridized carbons (Fsp3) is 1.00. The van der Waals surface area contributed by atoms with Gasteiger partial charge < -0.3 is 15.4 Å². The van der Waals surface area contributed by atoms with Gasteiger partial charge in [-0.1, -0.05) is 12.8 Å². The summed E-state index contributed by atoms with van der Waals surface area (Å²) in [5.41, 5.74) is 0. The van der Waals surface area contributed by atoms with E-state index in [1.807, 2.05) is 0 Å². The van der Waals surface area contributed by atoms with Gasteiger partial charge >= 0.3 is 7.12 Å². The Bertz CT molecular complexity index is 175. The standard InChI is InChI=1S/C9H18BNO2/c12-10(13)8-4-1-5-9-7(8)3-2-6-11-9/h7-9,11-13H,1-6H2. The maximum Gasteiger partial charge on any atom is 0.455 e. The van der Waals surface area contributed by atoms with Gasteiger partial charge in [-0.2, -0.15) is 0 Å². The second kappa shape index (κ2) is 3.99. The lowest BCUT2D eigenvalue weighted by molar-refractivity contribution is 0.188. The van der Waals surface area contributed by atoms with Crippen molar-refractivity contribution in [2.75, 3.05) is 6.54 Å². The first-order valence-corrected chi connectivity index (χ1v) is 5.38. The topological polar surface area (TPSA) is 52.5 Å². The zero-order valence-corrected chi connectivity index (χ0v) is 7.95. The largest absolute Gasteiger partial charge is 0.455 e. The number of nitrogens with one attached hydrogen (secondary N) is 1. The third-order valence-electron chi connectivity index (χ3n) is 3.62. The van der Waals surface area contributed by atoms with Crippen molar-refractivity contribution in [2.45, 2.75) is 44.0 Å². The summed E-state index contributed by atoms with van der Waals surface area (Å²) in [6, 6.07) is 0.550. The molecule has 1 saturated heterocycles. The minimum atomic E-state index is -1.10. The molecule has 3 N–H and O–H groups in total. The highest BCUT2D eigenvalue weighted by molar-refractivity contribution is 6.43. The van der Waals surface area contributed by atoms with Crippen LogP contribution in [0.1, 0.15) is 32.1 Å². The second-order valence-electron chi connectivity index (χ2n) is 4.38. The van der Waals surface area contributed by atoms with Crippen molar-refractivity contribution in [3.05, 3.63) is 0 Å². The molecule has 0 spiro atoms. The molecule has 0 aromatic carbocycles. The number of hydrogen-bond acceptors (Lipinski definition) is 3.